The summed E-state index contributed by atoms with van der Waals surface area (Å²) in [6, 6.07) is 11.6. The Bertz CT molecular complexity index is 752. The van der Waals surface area contributed by atoms with E-state index in [4.69, 9.17) is 23.8 Å². The molecule has 0 spiro atoms. The molecule has 0 aromatic heterocycles. The summed E-state index contributed by atoms with van der Waals surface area (Å²) in [5.74, 6) is -0.599. The first kappa shape index (κ1) is 18.2. The lowest BCUT2D eigenvalue weighted by Gasteiger charge is -2.21. The van der Waals surface area contributed by atoms with Crippen molar-refractivity contribution >= 4 is 40.5 Å². The largest absolute Gasteiger partial charge is 0.355 e. The molecule has 0 aliphatic carbocycles. The van der Waals surface area contributed by atoms with E-state index in [9.17, 15) is 9.18 Å². The Morgan fingerprint density at radius 1 is 1.25 bits per heavy atom. The second-order valence-corrected chi connectivity index (χ2v) is 5.99. The van der Waals surface area contributed by atoms with Crippen LogP contribution in [0.5, 0.6) is 0 Å². The van der Waals surface area contributed by atoms with Crippen LogP contribution in [0.4, 0.5) is 10.1 Å². The van der Waals surface area contributed by atoms with Gasteiger partial charge in [-0.2, -0.15) is 0 Å². The molecule has 0 bridgehead atoms. The number of hydrogen-bond donors (Lipinski definition) is 2. The molecule has 24 heavy (non-hydrogen) atoms. The number of anilines is 1. The van der Waals surface area contributed by atoms with E-state index in [0.29, 0.717) is 22.9 Å². The third-order valence-corrected chi connectivity index (χ3v) is 4.08. The maximum absolute atomic E-state index is 13.2. The molecule has 0 heterocycles. The SMILES string of the molecule is CNC(=O)c1ccc(CN(C)C(=S)Nc2ccc(F)c(Cl)c2)cc1. The van der Waals surface area contributed by atoms with E-state index in [1.165, 1.54) is 12.1 Å². The van der Waals surface area contributed by atoms with Crippen LogP contribution in [0.15, 0.2) is 42.5 Å². The van der Waals surface area contributed by atoms with Gasteiger partial charge < -0.3 is 15.5 Å². The molecule has 0 aliphatic rings. The summed E-state index contributed by atoms with van der Waals surface area (Å²) < 4.78 is 13.2. The third-order valence-electron chi connectivity index (χ3n) is 3.38. The van der Waals surface area contributed by atoms with Crippen molar-refractivity contribution in [3.05, 3.63) is 64.4 Å². The average Bonchev–Trinajstić information content (AvgIpc) is 2.58. The third kappa shape index (κ3) is 4.66. The molecule has 4 nitrogen and oxygen atoms in total. The Morgan fingerprint density at radius 2 is 1.92 bits per heavy atom. The van der Waals surface area contributed by atoms with Crippen molar-refractivity contribution < 1.29 is 9.18 Å². The monoisotopic (exact) mass is 365 g/mol. The number of hydrogen-bond acceptors (Lipinski definition) is 2. The number of carbonyl (C=O) groups excluding carboxylic acids is 1. The van der Waals surface area contributed by atoms with E-state index < -0.39 is 5.82 Å². The van der Waals surface area contributed by atoms with Crippen molar-refractivity contribution in [1.29, 1.82) is 0 Å². The number of halogens is 2. The topological polar surface area (TPSA) is 44.4 Å². The second kappa shape index (κ2) is 8.08. The summed E-state index contributed by atoms with van der Waals surface area (Å²) in [6.45, 7) is 0.564. The zero-order valence-corrected chi connectivity index (χ0v) is 14.8. The molecule has 2 aromatic carbocycles. The summed E-state index contributed by atoms with van der Waals surface area (Å²) in [5.41, 5.74) is 2.23. The average molecular weight is 366 g/mol. The number of amides is 1. The molecule has 2 rings (SSSR count). The van der Waals surface area contributed by atoms with Crippen LogP contribution >= 0.6 is 23.8 Å². The molecule has 126 valence electrons. The summed E-state index contributed by atoms with van der Waals surface area (Å²) in [6.07, 6.45) is 0. The van der Waals surface area contributed by atoms with Gasteiger partial charge in [0, 0.05) is 31.9 Å². The zero-order chi connectivity index (χ0) is 17.7. The van der Waals surface area contributed by atoms with Crippen LogP contribution in [0, 0.1) is 5.82 Å². The molecule has 7 heteroatoms. The number of nitrogens with one attached hydrogen (secondary N) is 2. The van der Waals surface area contributed by atoms with Crippen LogP contribution in [0.3, 0.4) is 0 Å². The fraction of sp³-hybridized carbons (Fsp3) is 0.176. The Morgan fingerprint density at radius 3 is 2.50 bits per heavy atom. The molecule has 0 atom stereocenters. The quantitative estimate of drug-likeness (QED) is 0.811. The minimum absolute atomic E-state index is 0.0373. The number of carbonyl (C=O) groups is 1. The van der Waals surface area contributed by atoms with Crippen molar-refractivity contribution in [2.75, 3.05) is 19.4 Å². The number of nitrogens with zero attached hydrogens (tertiary/aromatic N) is 1. The molecular formula is C17H17ClFN3OS. The predicted molar refractivity (Wildman–Crippen MR) is 98.9 cm³/mol. The van der Waals surface area contributed by atoms with Crippen LogP contribution in [0.25, 0.3) is 0 Å². The van der Waals surface area contributed by atoms with Crippen molar-refractivity contribution in [1.82, 2.24) is 10.2 Å². The van der Waals surface area contributed by atoms with Gasteiger partial charge in [0.05, 0.1) is 5.02 Å². The van der Waals surface area contributed by atoms with E-state index in [1.54, 1.807) is 25.2 Å². The molecule has 0 saturated carbocycles. The maximum Gasteiger partial charge on any atom is 0.251 e. The zero-order valence-electron chi connectivity index (χ0n) is 13.3. The van der Waals surface area contributed by atoms with Crippen molar-refractivity contribution in [2.45, 2.75) is 6.54 Å². The van der Waals surface area contributed by atoms with Gasteiger partial charge in [0.2, 0.25) is 0 Å². The van der Waals surface area contributed by atoms with Gasteiger partial charge in [0.1, 0.15) is 5.82 Å². The Balaban J connectivity index is 1.98. The van der Waals surface area contributed by atoms with Crippen molar-refractivity contribution in [3.8, 4) is 0 Å². The minimum Gasteiger partial charge on any atom is -0.355 e. The molecule has 1 amide bonds. The van der Waals surface area contributed by atoms with Crippen LogP contribution < -0.4 is 10.6 Å². The van der Waals surface area contributed by atoms with Crippen LogP contribution in [-0.2, 0) is 6.54 Å². The Hall–Kier alpha value is -2.18. The lowest BCUT2D eigenvalue weighted by Crippen LogP contribution is -2.30. The molecule has 0 unspecified atom stereocenters. The van der Waals surface area contributed by atoms with Gasteiger partial charge in [-0.05, 0) is 48.1 Å². The van der Waals surface area contributed by atoms with E-state index >= 15 is 0 Å². The van der Waals surface area contributed by atoms with Gasteiger partial charge in [0.25, 0.3) is 5.91 Å². The van der Waals surface area contributed by atoms with E-state index in [1.807, 2.05) is 24.1 Å². The highest BCUT2D eigenvalue weighted by molar-refractivity contribution is 7.80. The molecule has 0 saturated heterocycles. The summed E-state index contributed by atoms with van der Waals surface area (Å²) >= 11 is 11.1. The van der Waals surface area contributed by atoms with Gasteiger partial charge >= 0.3 is 0 Å². The summed E-state index contributed by atoms with van der Waals surface area (Å²) in [7, 11) is 3.43. The number of benzene rings is 2. The maximum atomic E-state index is 13.2. The van der Waals surface area contributed by atoms with Gasteiger partial charge in [0.15, 0.2) is 5.11 Å². The highest BCUT2D eigenvalue weighted by Crippen LogP contribution is 2.19. The second-order valence-electron chi connectivity index (χ2n) is 5.19. The standard InChI is InChI=1S/C17H17ClFN3OS/c1-20-16(23)12-5-3-11(4-6-12)10-22(2)17(24)21-13-7-8-15(19)14(18)9-13/h3-9H,10H2,1-2H3,(H,20,23)(H,21,24). The first-order valence-corrected chi connectivity index (χ1v) is 7.97. The first-order valence-electron chi connectivity index (χ1n) is 7.19. The molecular weight excluding hydrogens is 349 g/mol. The predicted octanol–water partition coefficient (Wildman–Crippen LogP) is 3.67. The summed E-state index contributed by atoms with van der Waals surface area (Å²) in [5, 5.41) is 6.11. The van der Waals surface area contributed by atoms with Crippen LogP contribution in [0.2, 0.25) is 5.02 Å². The highest BCUT2D eigenvalue weighted by atomic mass is 35.5. The number of rotatable bonds is 4. The van der Waals surface area contributed by atoms with E-state index in [2.05, 4.69) is 10.6 Å². The van der Waals surface area contributed by atoms with Crippen molar-refractivity contribution in [2.24, 2.45) is 0 Å². The molecule has 0 fully saturated rings. The highest BCUT2D eigenvalue weighted by Gasteiger charge is 2.08. The summed E-state index contributed by atoms with van der Waals surface area (Å²) in [4.78, 5) is 13.4. The normalized spacial score (nSPS) is 10.2. The first-order chi connectivity index (χ1) is 11.4. The lowest BCUT2D eigenvalue weighted by atomic mass is 10.1. The molecule has 2 N–H and O–H groups in total. The Labute approximate surface area is 150 Å². The van der Waals surface area contributed by atoms with Gasteiger partial charge in [-0.3, -0.25) is 4.79 Å². The Kier molecular flexibility index (Phi) is 6.11. The van der Waals surface area contributed by atoms with Gasteiger partial charge in [-0.15, -0.1) is 0 Å². The van der Waals surface area contributed by atoms with Crippen LogP contribution in [0.1, 0.15) is 15.9 Å². The smallest absolute Gasteiger partial charge is 0.251 e. The van der Waals surface area contributed by atoms with Crippen molar-refractivity contribution in [3.63, 3.8) is 0 Å². The fourth-order valence-corrected chi connectivity index (χ4v) is 2.41. The molecule has 2 aromatic rings. The minimum atomic E-state index is -0.474. The molecule has 0 aliphatic heterocycles. The van der Waals surface area contributed by atoms with E-state index in [-0.39, 0.29) is 10.9 Å². The molecule has 0 radical (unpaired) electrons. The van der Waals surface area contributed by atoms with Gasteiger partial charge in [-0.25, -0.2) is 4.39 Å². The lowest BCUT2D eigenvalue weighted by molar-refractivity contribution is 0.0963. The van der Waals surface area contributed by atoms with Gasteiger partial charge in [-0.1, -0.05) is 23.7 Å². The number of thiocarbonyl (C=S) groups is 1. The fourth-order valence-electron chi connectivity index (χ4n) is 2.04. The van der Waals surface area contributed by atoms with Crippen LogP contribution in [-0.4, -0.2) is 30.0 Å². The van der Waals surface area contributed by atoms with E-state index in [0.717, 1.165) is 5.56 Å².